The fraction of sp³-hybridized carbons (Fsp3) is 0.455. The van der Waals surface area contributed by atoms with Gasteiger partial charge < -0.3 is 10.1 Å². The quantitative estimate of drug-likeness (QED) is 0.796. The monoisotopic (exact) mass is 197 g/mol. The fourth-order valence-corrected chi connectivity index (χ4v) is 1.37. The lowest BCUT2D eigenvalue weighted by atomic mass is 10.1. The van der Waals surface area contributed by atoms with Gasteiger partial charge in [0, 0.05) is 0 Å². The summed E-state index contributed by atoms with van der Waals surface area (Å²) in [6, 6.07) is 3.46. The maximum Gasteiger partial charge on any atom is 0.129 e. The van der Waals surface area contributed by atoms with Crippen molar-refractivity contribution in [2.24, 2.45) is 0 Å². The molecule has 0 radical (unpaired) electrons. The van der Waals surface area contributed by atoms with Gasteiger partial charge in [-0.25, -0.2) is 4.39 Å². The summed E-state index contributed by atoms with van der Waals surface area (Å²) in [5.74, 6) is 0.594. The van der Waals surface area contributed by atoms with Crippen molar-refractivity contribution in [3.63, 3.8) is 0 Å². The average molecular weight is 197 g/mol. The molecule has 0 atom stereocenters. The van der Waals surface area contributed by atoms with E-state index >= 15 is 0 Å². The number of aryl methyl sites for hydroxylation is 1. The van der Waals surface area contributed by atoms with Gasteiger partial charge in [0.15, 0.2) is 0 Å². The third-order valence-corrected chi connectivity index (χ3v) is 2.18. The first-order chi connectivity index (χ1) is 6.69. The molecule has 3 heteroatoms. The highest BCUT2D eigenvalue weighted by molar-refractivity contribution is 5.35. The number of benzene rings is 1. The zero-order valence-electron chi connectivity index (χ0n) is 8.86. The van der Waals surface area contributed by atoms with Gasteiger partial charge in [0.1, 0.15) is 11.6 Å². The molecule has 0 bridgehead atoms. The Labute approximate surface area is 84.1 Å². The van der Waals surface area contributed by atoms with Crippen molar-refractivity contribution in [2.75, 3.05) is 20.7 Å². The van der Waals surface area contributed by atoms with Crippen LogP contribution in [0.2, 0.25) is 0 Å². The predicted octanol–water partition coefficient (Wildman–Crippen LogP) is 1.90. The molecule has 1 N–H and O–H groups in total. The SMILES string of the molecule is CNCCc1cc(OC)cc(C)c1F. The van der Waals surface area contributed by atoms with Crippen LogP contribution in [0.25, 0.3) is 0 Å². The molecule has 0 fully saturated rings. The van der Waals surface area contributed by atoms with Crippen LogP contribution in [0.15, 0.2) is 12.1 Å². The smallest absolute Gasteiger partial charge is 0.129 e. The van der Waals surface area contributed by atoms with Crippen LogP contribution in [0.5, 0.6) is 5.75 Å². The number of rotatable bonds is 4. The molecule has 0 spiro atoms. The largest absolute Gasteiger partial charge is 0.497 e. The van der Waals surface area contributed by atoms with Crippen LogP contribution in [0.3, 0.4) is 0 Å². The summed E-state index contributed by atoms with van der Waals surface area (Å²) in [4.78, 5) is 0. The standard InChI is InChI=1S/C11H16FNO/c1-8-6-10(14-3)7-9(11(8)12)4-5-13-2/h6-7,13H,4-5H2,1-3H3. The molecular weight excluding hydrogens is 181 g/mol. The molecule has 14 heavy (non-hydrogen) atoms. The maximum atomic E-state index is 13.6. The van der Waals surface area contributed by atoms with Gasteiger partial charge in [0.2, 0.25) is 0 Å². The lowest BCUT2D eigenvalue weighted by Gasteiger charge is -2.08. The summed E-state index contributed by atoms with van der Waals surface area (Å²) in [6.07, 6.45) is 0.681. The van der Waals surface area contributed by atoms with Crippen LogP contribution < -0.4 is 10.1 Å². The molecule has 0 amide bonds. The zero-order chi connectivity index (χ0) is 10.6. The number of nitrogens with one attached hydrogen (secondary N) is 1. The lowest BCUT2D eigenvalue weighted by Crippen LogP contribution is -2.11. The maximum absolute atomic E-state index is 13.6. The average Bonchev–Trinajstić information content (AvgIpc) is 2.20. The van der Waals surface area contributed by atoms with E-state index in [0.29, 0.717) is 17.5 Å². The summed E-state index contributed by atoms with van der Waals surface area (Å²) in [5, 5.41) is 2.99. The van der Waals surface area contributed by atoms with Crippen LogP contribution in [-0.2, 0) is 6.42 Å². The molecule has 78 valence electrons. The molecule has 1 aromatic carbocycles. The highest BCUT2D eigenvalue weighted by atomic mass is 19.1. The van der Waals surface area contributed by atoms with Crippen LogP contribution in [-0.4, -0.2) is 20.7 Å². The first kappa shape index (κ1) is 11.0. The van der Waals surface area contributed by atoms with E-state index in [1.807, 2.05) is 7.05 Å². The first-order valence-electron chi connectivity index (χ1n) is 4.66. The Morgan fingerprint density at radius 3 is 2.71 bits per heavy atom. The van der Waals surface area contributed by atoms with Crippen molar-refractivity contribution in [1.82, 2.24) is 5.32 Å². The minimum Gasteiger partial charge on any atom is -0.497 e. The Kier molecular flexibility index (Phi) is 3.89. The molecule has 2 nitrogen and oxygen atoms in total. The van der Waals surface area contributed by atoms with E-state index in [1.165, 1.54) is 0 Å². The number of ether oxygens (including phenoxy) is 1. The molecule has 0 aliphatic rings. The van der Waals surface area contributed by atoms with Crippen molar-refractivity contribution in [3.05, 3.63) is 29.1 Å². The van der Waals surface area contributed by atoms with Crippen LogP contribution in [0.1, 0.15) is 11.1 Å². The number of halogens is 1. The topological polar surface area (TPSA) is 21.3 Å². The summed E-state index contributed by atoms with van der Waals surface area (Å²) < 4.78 is 18.6. The second kappa shape index (κ2) is 4.96. The zero-order valence-corrected chi connectivity index (χ0v) is 8.86. The van der Waals surface area contributed by atoms with Crippen molar-refractivity contribution < 1.29 is 9.13 Å². The molecule has 0 saturated heterocycles. The summed E-state index contributed by atoms with van der Waals surface area (Å²) in [6.45, 7) is 2.52. The summed E-state index contributed by atoms with van der Waals surface area (Å²) in [5.41, 5.74) is 1.34. The Morgan fingerprint density at radius 1 is 1.43 bits per heavy atom. The molecule has 0 unspecified atom stereocenters. The number of likely N-dealkylation sites (N-methyl/N-ethyl adjacent to an activating group) is 1. The number of hydrogen-bond acceptors (Lipinski definition) is 2. The second-order valence-corrected chi connectivity index (χ2v) is 3.27. The Morgan fingerprint density at radius 2 is 2.14 bits per heavy atom. The molecular formula is C11H16FNO. The molecule has 0 aliphatic carbocycles. The van der Waals surface area contributed by atoms with Gasteiger partial charge in [-0.3, -0.25) is 0 Å². The molecule has 0 aliphatic heterocycles. The second-order valence-electron chi connectivity index (χ2n) is 3.27. The van der Waals surface area contributed by atoms with E-state index in [1.54, 1.807) is 26.2 Å². The first-order valence-corrected chi connectivity index (χ1v) is 4.66. The molecule has 0 heterocycles. The minimum absolute atomic E-state index is 0.124. The highest BCUT2D eigenvalue weighted by Crippen LogP contribution is 2.20. The van der Waals surface area contributed by atoms with Gasteiger partial charge in [-0.15, -0.1) is 0 Å². The van der Waals surface area contributed by atoms with Crippen molar-refractivity contribution in [2.45, 2.75) is 13.3 Å². The normalized spacial score (nSPS) is 10.3. The van der Waals surface area contributed by atoms with Crippen molar-refractivity contribution >= 4 is 0 Å². The van der Waals surface area contributed by atoms with Crippen molar-refractivity contribution in [3.8, 4) is 5.75 Å². The van der Waals surface area contributed by atoms with Crippen molar-refractivity contribution in [1.29, 1.82) is 0 Å². The van der Waals surface area contributed by atoms with E-state index in [2.05, 4.69) is 5.32 Å². The molecule has 0 saturated carbocycles. The van der Waals surface area contributed by atoms with E-state index in [4.69, 9.17) is 4.74 Å². The predicted molar refractivity (Wildman–Crippen MR) is 55.3 cm³/mol. The molecule has 1 aromatic rings. The highest BCUT2D eigenvalue weighted by Gasteiger charge is 2.07. The van der Waals surface area contributed by atoms with Gasteiger partial charge in [0.25, 0.3) is 0 Å². The van der Waals surface area contributed by atoms with E-state index in [9.17, 15) is 4.39 Å². The summed E-state index contributed by atoms with van der Waals surface area (Å²) in [7, 11) is 3.44. The third kappa shape index (κ3) is 2.45. The van der Waals surface area contributed by atoms with Gasteiger partial charge in [-0.1, -0.05) is 0 Å². The molecule has 1 rings (SSSR count). The van der Waals surface area contributed by atoms with Crippen LogP contribution in [0, 0.1) is 12.7 Å². The van der Waals surface area contributed by atoms with E-state index in [0.717, 1.165) is 12.3 Å². The Balaban J connectivity index is 2.95. The molecule has 0 aromatic heterocycles. The Bertz CT molecular complexity index is 312. The summed E-state index contributed by atoms with van der Waals surface area (Å²) >= 11 is 0. The number of methoxy groups -OCH3 is 1. The lowest BCUT2D eigenvalue weighted by molar-refractivity contribution is 0.412. The minimum atomic E-state index is -0.124. The van der Waals surface area contributed by atoms with Gasteiger partial charge >= 0.3 is 0 Å². The third-order valence-electron chi connectivity index (χ3n) is 2.18. The van der Waals surface area contributed by atoms with Crippen LogP contribution >= 0.6 is 0 Å². The van der Waals surface area contributed by atoms with Gasteiger partial charge in [0.05, 0.1) is 7.11 Å². The van der Waals surface area contributed by atoms with E-state index < -0.39 is 0 Å². The fourth-order valence-electron chi connectivity index (χ4n) is 1.37. The van der Waals surface area contributed by atoms with Crippen LogP contribution in [0.4, 0.5) is 4.39 Å². The van der Waals surface area contributed by atoms with Gasteiger partial charge in [-0.2, -0.15) is 0 Å². The Hall–Kier alpha value is -1.09. The van der Waals surface area contributed by atoms with E-state index in [-0.39, 0.29) is 5.82 Å². The number of hydrogen-bond donors (Lipinski definition) is 1. The van der Waals surface area contributed by atoms with Gasteiger partial charge in [-0.05, 0) is 50.2 Å².